The van der Waals surface area contributed by atoms with Crippen LogP contribution >= 0.6 is 0 Å². The molecule has 1 amide bonds. The van der Waals surface area contributed by atoms with Gasteiger partial charge in [0.05, 0.1) is 6.54 Å². The smallest absolute Gasteiger partial charge is 0.434 e. The summed E-state index contributed by atoms with van der Waals surface area (Å²) >= 11 is 0. The highest BCUT2D eigenvalue weighted by Gasteiger charge is 2.35. The maximum absolute atomic E-state index is 13.0. The Morgan fingerprint density at radius 1 is 1.25 bits per heavy atom. The zero-order chi connectivity index (χ0) is 21.3. The largest absolute Gasteiger partial charge is 0.444 e. The summed E-state index contributed by atoms with van der Waals surface area (Å²) in [5, 5.41) is 0. The van der Waals surface area contributed by atoms with Gasteiger partial charge in [-0.15, -0.1) is 0 Å². The molecule has 6 nitrogen and oxygen atoms in total. The lowest BCUT2D eigenvalue weighted by Crippen LogP contribution is -2.33. The van der Waals surface area contributed by atoms with Crippen molar-refractivity contribution in [3.63, 3.8) is 0 Å². The Labute approximate surface area is 162 Å². The SMILES string of the molecule is CC(C)n1cc(C(F)(F)F)nc1-c1ccc(CN(C)C(=O)OC(C)(C)C)cn1. The van der Waals surface area contributed by atoms with E-state index in [9.17, 15) is 18.0 Å². The third-order valence-corrected chi connectivity index (χ3v) is 3.76. The van der Waals surface area contributed by atoms with Gasteiger partial charge in [-0.3, -0.25) is 4.98 Å². The van der Waals surface area contributed by atoms with Crippen LogP contribution in [-0.4, -0.2) is 38.2 Å². The molecule has 0 unspecified atom stereocenters. The summed E-state index contributed by atoms with van der Waals surface area (Å²) in [5.74, 6) is 0.148. The Hall–Kier alpha value is -2.58. The lowest BCUT2D eigenvalue weighted by molar-refractivity contribution is -0.140. The fourth-order valence-corrected chi connectivity index (χ4v) is 2.44. The topological polar surface area (TPSA) is 60.2 Å². The number of alkyl halides is 3. The van der Waals surface area contributed by atoms with Crippen LogP contribution in [0.15, 0.2) is 24.5 Å². The van der Waals surface area contributed by atoms with Crippen LogP contribution in [0.4, 0.5) is 18.0 Å². The van der Waals surface area contributed by atoms with E-state index in [1.165, 1.54) is 15.7 Å². The molecule has 2 aromatic heterocycles. The number of carbonyl (C=O) groups excluding carboxylic acids is 1. The summed E-state index contributed by atoms with van der Waals surface area (Å²) in [4.78, 5) is 21.4. The van der Waals surface area contributed by atoms with Gasteiger partial charge in [-0.2, -0.15) is 13.2 Å². The predicted molar refractivity (Wildman–Crippen MR) is 98.5 cm³/mol. The second-order valence-electron chi connectivity index (χ2n) is 7.84. The molecule has 9 heteroatoms. The van der Waals surface area contributed by atoms with Crippen LogP contribution in [0.3, 0.4) is 0 Å². The monoisotopic (exact) mass is 398 g/mol. The lowest BCUT2D eigenvalue weighted by Gasteiger charge is -2.24. The number of pyridine rings is 1. The number of rotatable bonds is 4. The first-order chi connectivity index (χ1) is 12.8. The fourth-order valence-electron chi connectivity index (χ4n) is 2.44. The Kier molecular flexibility index (Phi) is 6.06. The summed E-state index contributed by atoms with van der Waals surface area (Å²) in [7, 11) is 1.60. The summed E-state index contributed by atoms with van der Waals surface area (Å²) in [6.45, 7) is 9.14. The molecule has 2 heterocycles. The van der Waals surface area contributed by atoms with Gasteiger partial charge in [-0.05, 0) is 46.2 Å². The average molecular weight is 398 g/mol. The normalized spacial score (nSPS) is 12.4. The van der Waals surface area contributed by atoms with Crippen LogP contribution in [0.1, 0.15) is 51.9 Å². The molecule has 0 aromatic carbocycles. The van der Waals surface area contributed by atoms with Crippen LogP contribution in [0, 0.1) is 0 Å². The van der Waals surface area contributed by atoms with Crippen molar-refractivity contribution in [3.05, 3.63) is 35.8 Å². The highest BCUT2D eigenvalue weighted by Crippen LogP contribution is 2.32. The van der Waals surface area contributed by atoms with Crippen molar-refractivity contribution in [1.29, 1.82) is 0 Å². The first-order valence-electron chi connectivity index (χ1n) is 8.83. The average Bonchev–Trinajstić information content (AvgIpc) is 2.99. The molecule has 2 rings (SSSR count). The van der Waals surface area contributed by atoms with Crippen molar-refractivity contribution in [2.45, 2.75) is 59.0 Å². The van der Waals surface area contributed by atoms with Crippen molar-refractivity contribution in [3.8, 4) is 11.5 Å². The van der Waals surface area contributed by atoms with Gasteiger partial charge in [0.15, 0.2) is 11.5 Å². The highest BCUT2D eigenvalue weighted by molar-refractivity contribution is 5.67. The number of hydrogen-bond donors (Lipinski definition) is 0. The number of nitrogens with zero attached hydrogens (tertiary/aromatic N) is 4. The molecular weight excluding hydrogens is 373 g/mol. The highest BCUT2D eigenvalue weighted by atomic mass is 19.4. The molecule has 0 radical (unpaired) electrons. The fraction of sp³-hybridized carbons (Fsp3) is 0.526. The van der Waals surface area contributed by atoms with Gasteiger partial charge in [0.2, 0.25) is 0 Å². The molecule has 2 aromatic rings. The molecule has 0 aliphatic carbocycles. The summed E-state index contributed by atoms with van der Waals surface area (Å²) in [5.41, 5.74) is -0.507. The standard InChI is InChI=1S/C19H25F3N4O2/c1-12(2)26-11-15(19(20,21)22)24-16(26)14-8-7-13(9-23-14)10-25(6)17(27)28-18(3,4)5/h7-9,11-12H,10H2,1-6H3. The van der Waals surface area contributed by atoms with E-state index in [1.807, 2.05) is 0 Å². The van der Waals surface area contributed by atoms with E-state index in [0.717, 1.165) is 11.8 Å². The van der Waals surface area contributed by atoms with Gasteiger partial charge in [-0.1, -0.05) is 6.07 Å². The van der Waals surface area contributed by atoms with E-state index in [-0.39, 0.29) is 18.4 Å². The number of amides is 1. The zero-order valence-corrected chi connectivity index (χ0v) is 16.8. The Bertz CT molecular complexity index is 821. The molecule has 0 N–H and O–H groups in total. The van der Waals surface area contributed by atoms with E-state index in [0.29, 0.717) is 5.69 Å². The van der Waals surface area contributed by atoms with Gasteiger partial charge in [-0.25, -0.2) is 9.78 Å². The molecule has 0 atom stereocenters. The lowest BCUT2D eigenvalue weighted by atomic mass is 10.2. The van der Waals surface area contributed by atoms with Crippen molar-refractivity contribution >= 4 is 6.09 Å². The van der Waals surface area contributed by atoms with Gasteiger partial charge in [0, 0.05) is 25.5 Å². The predicted octanol–water partition coefficient (Wildman–Crippen LogP) is 4.91. The van der Waals surface area contributed by atoms with Crippen LogP contribution in [-0.2, 0) is 17.5 Å². The molecule has 28 heavy (non-hydrogen) atoms. The summed E-state index contributed by atoms with van der Waals surface area (Å²) in [6, 6.07) is 3.09. The first-order valence-corrected chi connectivity index (χ1v) is 8.83. The Balaban J connectivity index is 2.21. The van der Waals surface area contributed by atoms with Gasteiger partial charge < -0.3 is 14.2 Å². The van der Waals surface area contributed by atoms with Crippen LogP contribution in [0.25, 0.3) is 11.5 Å². The van der Waals surface area contributed by atoms with Crippen LogP contribution in [0.5, 0.6) is 0 Å². The quantitative estimate of drug-likeness (QED) is 0.734. The van der Waals surface area contributed by atoms with Crippen molar-refractivity contribution in [1.82, 2.24) is 19.4 Å². The number of hydrogen-bond acceptors (Lipinski definition) is 4. The van der Waals surface area contributed by atoms with E-state index >= 15 is 0 Å². The van der Waals surface area contributed by atoms with E-state index < -0.39 is 23.6 Å². The van der Waals surface area contributed by atoms with Gasteiger partial charge in [0.25, 0.3) is 0 Å². The maximum atomic E-state index is 13.0. The number of ether oxygens (including phenoxy) is 1. The van der Waals surface area contributed by atoms with Gasteiger partial charge >= 0.3 is 12.3 Å². The second kappa shape index (κ2) is 7.81. The Morgan fingerprint density at radius 3 is 2.36 bits per heavy atom. The van der Waals surface area contributed by atoms with Crippen LogP contribution in [0.2, 0.25) is 0 Å². The molecule has 0 bridgehead atoms. The van der Waals surface area contributed by atoms with Crippen molar-refractivity contribution < 1.29 is 22.7 Å². The third-order valence-electron chi connectivity index (χ3n) is 3.76. The van der Waals surface area contributed by atoms with E-state index in [2.05, 4.69) is 9.97 Å². The molecule has 0 aliphatic heterocycles. The number of carbonyl (C=O) groups is 1. The number of aromatic nitrogens is 3. The molecule has 0 saturated heterocycles. The molecule has 0 aliphatic rings. The summed E-state index contributed by atoms with van der Waals surface area (Å²) in [6.07, 6.45) is -2.48. The Morgan fingerprint density at radius 2 is 1.89 bits per heavy atom. The number of halogens is 3. The molecule has 154 valence electrons. The number of imidazole rings is 1. The van der Waals surface area contributed by atoms with E-state index in [4.69, 9.17) is 4.74 Å². The second-order valence-corrected chi connectivity index (χ2v) is 7.84. The van der Waals surface area contributed by atoms with Gasteiger partial charge in [0.1, 0.15) is 11.3 Å². The molecule has 0 saturated carbocycles. The summed E-state index contributed by atoms with van der Waals surface area (Å²) < 4.78 is 45.8. The molecular formula is C19H25F3N4O2. The first kappa shape index (κ1) is 21.7. The van der Waals surface area contributed by atoms with Crippen molar-refractivity contribution in [2.24, 2.45) is 0 Å². The molecule has 0 fully saturated rings. The van der Waals surface area contributed by atoms with Crippen molar-refractivity contribution in [2.75, 3.05) is 7.05 Å². The van der Waals surface area contributed by atoms with Crippen LogP contribution < -0.4 is 0 Å². The minimum Gasteiger partial charge on any atom is -0.444 e. The molecule has 0 spiro atoms. The minimum atomic E-state index is -4.52. The minimum absolute atomic E-state index is 0.148. The van der Waals surface area contributed by atoms with E-state index in [1.54, 1.807) is 53.8 Å². The zero-order valence-electron chi connectivity index (χ0n) is 16.8. The maximum Gasteiger partial charge on any atom is 0.434 e. The third kappa shape index (κ3) is 5.46.